The van der Waals surface area contributed by atoms with E-state index in [2.05, 4.69) is 158 Å². The van der Waals surface area contributed by atoms with Crippen LogP contribution in [0.15, 0.2) is 109 Å². The van der Waals surface area contributed by atoms with Crippen molar-refractivity contribution in [2.75, 3.05) is 16.5 Å². The first-order valence-corrected chi connectivity index (χ1v) is 17.8. The standard InChI is InChI=1S/C37H38N4Si/c1-26-20-21-38-36(22-26)41-32-15-8-7-14-30(32)31-19-18-29(24-35(31)41)42(5,6)28-13-11-12-27(23-28)39-25-40(37(2,3)4)34-17-10-9-16-33(34)39/h7-24H,25H2,1-6H3. The summed E-state index contributed by atoms with van der Waals surface area (Å²) in [7, 11) is -2.06. The van der Waals surface area contributed by atoms with Crippen LogP contribution in [0.1, 0.15) is 26.3 Å². The van der Waals surface area contributed by atoms with Gasteiger partial charge in [-0.1, -0.05) is 78.1 Å². The van der Waals surface area contributed by atoms with Gasteiger partial charge in [0.1, 0.15) is 13.9 Å². The molecule has 4 nitrogen and oxygen atoms in total. The van der Waals surface area contributed by atoms with E-state index in [0.717, 1.165) is 12.5 Å². The second-order valence-corrected chi connectivity index (χ2v) is 17.5. The molecule has 6 aromatic rings. The monoisotopic (exact) mass is 566 g/mol. The molecule has 1 aliphatic heterocycles. The fourth-order valence-corrected chi connectivity index (χ4v) is 8.84. The van der Waals surface area contributed by atoms with E-state index in [9.17, 15) is 0 Å². The predicted octanol–water partition coefficient (Wildman–Crippen LogP) is 8.02. The van der Waals surface area contributed by atoms with Gasteiger partial charge in [0.25, 0.3) is 0 Å². The molecule has 0 amide bonds. The molecule has 210 valence electrons. The normalized spacial score (nSPS) is 13.8. The number of nitrogens with zero attached hydrogens (tertiary/aromatic N) is 4. The molecule has 0 aliphatic carbocycles. The van der Waals surface area contributed by atoms with Crippen LogP contribution in [0.3, 0.4) is 0 Å². The number of aromatic nitrogens is 2. The number of para-hydroxylation sites is 3. The third-order valence-electron chi connectivity index (χ3n) is 8.96. The summed E-state index contributed by atoms with van der Waals surface area (Å²) in [5.41, 5.74) is 7.50. The summed E-state index contributed by atoms with van der Waals surface area (Å²) in [6.45, 7) is 14.8. The van der Waals surface area contributed by atoms with Crippen LogP contribution in [-0.4, -0.2) is 29.8 Å². The lowest BCUT2D eigenvalue weighted by molar-refractivity contribution is 0.518. The summed E-state index contributed by atoms with van der Waals surface area (Å²) in [5, 5.41) is 5.39. The van der Waals surface area contributed by atoms with Crippen molar-refractivity contribution in [3.8, 4) is 5.82 Å². The van der Waals surface area contributed by atoms with Crippen molar-refractivity contribution in [1.82, 2.24) is 9.55 Å². The average molecular weight is 567 g/mol. The van der Waals surface area contributed by atoms with Crippen LogP contribution < -0.4 is 20.2 Å². The van der Waals surface area contributed by atoms with Gasteiger partial charge < -0.3 is 9.80 Å². The summed E-state index contributed by atoms with van der Waals surface area (Å²) in [5.74, 6) is 0.968. The molecule has 7 rings (SSSR count). The number of rotatable bonds is 4. The number of benzene rings is 4. The molecule has 0 atom stereocenters. The van der Waals surface area contributed by atoms with E-state index in [1.165, 1.54) is 54.8 Å². The van der Waals surface area contributed by atoms with E-state index >= 15 is 0 Å². The molecular weight excluding hydrogens is 529 g/mol. The Bertz CT molecular complexity index is 1960. The highest BCUT2D eigenvalue weighted by atomic mass is 28.3. The Labute approximate surface area is 249 Å². The van der Waals surface area contributed by atoms with Crippen LogP contribution in [0, 0.1) is 6.92 Å². The molecule has 0 saturated heterocycles. The minimum absolute atomic E-state index is 0.0382. The Morgan fingerprint density at radius 2 is 1.40 bits per heavy atom. The quantitative estimate of drug-likeness (QED) is 0.202. The first-order chi connectivity index (χ1) is 20.1. The molecule has 0 radical (unpaired) electrons. The van der Waals surface area contributed by atoms with Crippen LogP contribution in [0.4, 0.5) is 17.1 Å². The summed E-state index contributed by atoms with van der Waals surface area (Å²) in [6.07, 6.45) is 1.91. The molecule has 4 aromatic carbocycles. The van der Waals surface area contributed by atoms with Gasteiger partial charge in [0.2, 0.25) is 0 Å². The number of fused-ring (bicyclic) bond motifs is 4. The lowest BCUT2D eigenvalue weighted by Crippen LogP contribution is -2.53. The number of pyridine rings is 1. The number of hydrogen-bond acceptors (Lipinski definition) is 3. The van der Waals surface area contributed by atoms with Crippen molar-refractivity contribution in [2.24, 2.45) is 0 Å². The van der Waals surface area contributed by atoms with Crippen molar-refractivity contribution < 1.29 is 0 Å². The highest BCUT2D eigenvalue weighted by Crippen LogP contribution is 2.43. The fraction of sp³-hybridized carbons (Fsp3) is 0.216. The number of aryl methyl sites for hydroxylation is 1. The molecular formula is C37H38N4Si. The maximum atomic E-state index is 4.79. The van der Waals surface area contributed by atoms with Crippen LogP contribution >= 0.6 is 0 Å². The first kappa shape index (κ1) is 26.5. The van der Waals surface area contributed by atoms with Gasteiger partial charge in [0, 0.05) is 28.2 Å². The van der Waals surface area contributed by atoms with Gasteiger partial charge in [-0.05, 0) is 81.8 Å². The first-order valence-electron chi connectivity index (χ1n) is 14.8. The van der Waals surface area contributed by atoms with E-state index in [1.807, 2.05) is 6.20 Å². The lowest BCUT2D eigenvalue weighted by Gasteiger charge is -2.34. The van der Waals surface area contributed by atoms with Crippen molar-refractivity contribution in [3.63, 3.8) is 0 Å². The molecule has 0 saturated carbocycles. The largest absolute Gasteiger partial charge is 0.347 e. The van der Waals surface area contributed by atoms with Crippen molar-refractivity contribution >= 4 is 57.3 Å². The lowest BCUT2D eigenvalue weighted by atomic mass is 10.1. The molecule has 1 aliphatic rings. The second kappa shape index (κ2) is 9.60. The van der Waals surface area contributed by atoms with E-state index < -0.39 is 8.07 Å². The maximum Gasteiger partial charge on any atom is 0.137 e. The van der Waals surface area contributed by atoms with Crippen molar-refractivity contribution in [1.29, 1.82) is 0 Å². The Hall–Kier alpha value is -4.35. The summed E-state index contributed by atoms with van der Waals surface area (Å²) >= 11 is 0. The average Bonchev–Trinajstić information content (AvgIpc) is 3.54. The summed E-state index contributed by atoms with van der Waals surface area (Å²) < 4.78 is 2.34. The van der Waals surface area contributed by atoms with Crippen molar-refractivity contribution in [2.45, 2.75) is 46.3 Å². The topological polar surface area (TPSA) is 24.3 Å². The van der Waals surface area contributed by atoms with E-state index in [4.69, 9.17) is 4.98 Å². The third kappa shape index (κ3) is 4.22. The van der Waals surface area contributed by atoms with E-state index in [1.54, 1.807) is 0 Å². The Morgan fingerprint density at radius 1 is 0.690 bits per heavy atom. The van der Waals surface area contributed by atoms with Gasteiger partial charge in [-0.3, -0.25) is 4.57 Å². The van der Waals surface area contributed by atoms with Gasteiger partial charge in [0.15, 0.2) is 0 Å². The van der Waals surface area contributed by atoms with Crippen LogP contribution in [0.25, 0.3) is 27.6 Å². The van der Waals surface area contributed by atoms with Crippen molar-refractivity contribution in [3.05, 3.63) is 115 Å². The second-order valence-electron chi connectivity index (χ2n) is 13.1. The zero-order valence-electron chi connectivity index (χ0n) is 25.4. The van der Waals surface area contributed by atoms with Gasteiger partial charge in [0.05, 0.1) is 29.1 Å². The Balaban J connectivity index is 1.34. The molecule has 42 heavy (non-hydrogen) atoms. The SMILES string of the molecule is Cc1ccnc(-n2c3ccccc3c3ccc([Si](C)(C)c4cccc(N5CN(C(C)(C)C)c6ccccc65)c4)cc32)c1. The fourth-order valence-electron chi connectivity index (χ4n) is 6.49. The van der Waals surface area contributed by atoms with Crippen LogP contribution in [-0.2, 0) is 0 Å². The highest BCUT2D eigenvalue weighted by molar-refractivity contribution is 7.00. The smallest absolute Gasteiger partial charge is 0.137 e. The van der Waals surface area contributed by atoms with Gasteiger partial charge in [-0.15, -0.1) is 0 Å². The zero-order valence-corrected chi connectivity index (χ0v) is 26.4. The number of anilines is 3. The zero-order chi connectivity index (χ0) is 29.2. The van der Waals surface area contributed by atoms with Gasteiger partial charge in [-0.25, -0.2) is 4.98 Å². The molecule has 0 bridgehead atoms. The molecule has 0 fully saturated rings. The Kier molecular flexibility index (Phi) is 6.07. The minimum atomic E-state index is -2.06. The Morgan fingerprint density at radius 3 is 2.19 bits per heavy atom. The molecule has 0 unspecified atom stereocenters. The molecule has 0 N–H and O–H groups in total. The molecule has 2 aromatic heterocycles. The third-order valence-corrected chi connectivity index (χ3v) is 12.5. The van der Waals surface area contributed by atoms with Gasteiger partial charge in [-0.2, -0.15) is 0 Å². The van der Waals surface area contributed by atoms with Crippen LogP contribution in [0.5, 0.6) is 0 Å². The maximum absolute atomic E-state index is 4.79. The summed E-state index contributed by atoms with van der Waals surface area (Å²) in [4.78, 5) is 9.77. The predicted molar refractivity (Wildman–Crippen MR) is 182 cm³/mol. The van der Waals surface area contributed by atoms with Gasteiger partial charge >= 0.3 is 0 Å². The molecule has 0 spiro atoms. The molecule has 3 heterocycles. The highest BCUT2D eigenvalue weighted by Gasteiger charge is 2.34. The van der Waals surface area contributed by atoms with Crippen LogP contribution in [0.2, 0.25) is 13.1 Å². The summed E-state index contributed by atoms with van der Waals surface area (Å²) in [6, 6.07) is 38.1. The van der Waals surface area contributed by atoms with E-state index in [0.29, 0.717) is 0 Å². The number of hydrogen-bond donors (Lipinski definition) is 0. The molecule has 5 heteroatoms. The van der Waals surface area contributed by atoms with E-state index in [-0.39, 0.29) is 5.54 Å². The minimum Gasteiger partial charge on any atom is -0.347 e.